The second-order valence-electron chi connectivity index (χ2n) is 2.41. The predicted octanol–water partition coefficient (Wildman–Crippen LogP) is 2.03. The minimum absolute atomic E-state index is 0.130. The van der Waals surface area contributed by atoms with E-state index in [2.05, 4.69) is 4.98 Å². The number of nitrogens with two attached hydrogens (primary N) is 1. The van der Waals surface area contributed by atoms with Gasteiger partial charge in [0.25, 0.3) is 0 Å². The molecule has 1 rings (SSSR count). The van der Waals surface area contributed by atoms with Crippen molar-refractivity contribution in [1.29, 1.82) is 0 Å². The lowest BCUT2D eigenvalue weighted by molar-refractivity contribution is 0.268. The Hall–Kier alpha value is -0.0600. The molecule has 0 spiro atoms. The number of aliphatic hydroxyl groups is 1. The highest BCUT2D eigenvalue weighted by Gasteiger charge is 2.16. The zero-order valence-electron chi connectivity index (χ0n) is 6.47. The lowest BCUT2D eigenvalue weighted by Crippen LogP contribution is -2.15. The van der Waals surface area contributed by atoms with Crippen molar-refractivity contribution in [2.75, 3.05) is 6.61 Å². The number of aromatic nitrogens is 1. The van der Waals surface area contributed by atoms with Gasteiger partial charge in [0.1, 0.15) is 5.15 Å². The highest BCUT2D eigenvalue weighted by molar-refractivity contribution is 6.43. The molecule has 0 fully saturated rings. The molecular formula is C7H7Cl3N2O. The van der Waals surface area contributed by atoms with Crippen molar-refractivity contribution in [3.05, 3.63) is 27.0 Å². The predicted molar refractivity (Wildman–Crippen MR) is 53.3 cm³/mol. The molecule has 3 nitrogen and oxygen atoms in total. The van der Waals surface area contributed by atoms with Crippen molar-refractivity contribution in [2.24, 2.45) is 5.73 Å². The van der Waals surface area contributed by atoms with E-state index in [4.69, 9.17) is 45.6 Å². The Morgan fingerprint density at radius 1 is 1.46 bits per heavy atom. The first-order chi connectivity index (χ1) is 6.07. The molecule has 0 saturated heterocycles. The van der Waals surface area contributed by atoms with Crippen LogP contribution in [-0.4, -0.2) is 16.7 Å². The molecule has 1 heterocycles. The third-order valence-electron chi connectivity index (χ3n) is 1.53. The Bertz CT molecular complexity index is 319. The summed E-state index contributed by atoms with van der Waals surface area (Å²) >= 11 is 17.2. The van der Waals surface area contributed by atoms with Gasteiger partial charge in [-0.3, -0.25) is 0 Å². The van der Waals surface area contributed by atoms with Gasteiger partial charge in [0.05, 0.1) is 22.7 Å². The molecule has 3 N–H and O–H groups in total. The number of halogens is 3. The summed E-state index contributed by atoms with van der Waals surface area (Å²) in [6.45, 7) is -0.250. The lowest BCUT2D eigenvalue weighted by Gasteiger charge is -2.12. The average Bonchev–Trinajstić information content (AvgIpc) is 2.12. The van der Waals surface area contributed by atoms with E-state index in [9.17, 15) is 0 Å². The maximum absolute atomic E-state index is 8.82. The third kappa shape index (κ3) is 2.24. The van der Waals surface area contributed by atoms with Crippen LogP contribution in [0.3, 0.4) is 0 Å². The Labute approximate surface area is 90.4 Å². The maximum Gasteiger partial charge on any atom is 0.148 e. The monoisotopic (exact) mass is 240 g/mol. The van der Waals surface area contributed by atoms with Crippen molar-refractivity contribution >= 4 is 34.8 Å². The highest BCUT2D eigenvalue weighted by atomic mass is 35.5. The van der Waals surface area contributed by atoms with Gasteiger partial charge in [0, 0.05) is 11.8 Å². The molecule has 1 atom stereocenters. The number of pyridine rings is 1. The Morgan fingerprint density at radius 2 is 2.08 bits per heavy atom. The quantitative estimate of drug-likeness (QED) is 0.779. The molecule has 1 aromatic heterocycles. The molecule has 72 valence electrons. The fourth-order valence-electron chi connectivity index (χ4n) is 0.887. The SMILES string of the molecule is N[C@@H](CO)c1c(Cl)cnc(Cl)c1Cl. The molecule has 1 aromatic rings. The first-order valence-electron chi connectivity index (χ1n) is 3.43. The second kappa shape index (κ2) is 4.44. The number of hydrogen-bond donors (Lipinski definition) is 2. The second-order valence-corrected chi connectivity index (χ2v) is 3.56. The molecule has 0 radical (unpaired) electrons. The van der Waals surface area contributed by atoms with Crippen LogP contribution < -0.4 is 5.73 Å². The summed E-state index contributed by atoms with van der Waals surface area (Å²) in [5.74, 6) is 0. The molecule has 0 amide bonds. The first kappa shape index (κ1) is 11.0. The van der Waals surface area contributed by atoms with Gasteiger partial charge in [-0.2, -0.15) is 0 Å². The van der Waals surface area contributed by atoms with Gasteiger partial charge in [0.15, 0.2) is 0 Å². The van der Waals surface area contributed by atoms with E-state index in [1.807, 2.05) is 0 Å². The number of aliphatic hydroxyl groups excluding tert-OH is 1. The standard InChI is InChI=1S/C7H7Cl3N2O/c8-3-1-12-7(10)6(9)5(3)4(11)2-13/h1,4,13H,2,11H2/t4-/m0/s1. The smallest absolute Gasteiger partial charge is 0.148 e. The third-order valence-corrected chi connectivity index (χ3v) is 2.60. The molecule has 0 aliphatic heterocycles. The normalized spacial score (nSPS) is 13.0. The summed E-state index contributed by atoms with van der Waals surface area (Å²) < 4.78 is 0. The number of nitrogens with zero attached hydrogens (tertiary/aromatic N) is 1. The van der Waals surface area contributed by atoms with Crippen LogP contribution in [0.1, 0.15) is 11.6 Å². The fourth-order valence-corrected chi connectivity index (χ4v) is 1.66. The number of rotatable bonds is 2. The van der Waals surface area contributed by atoms with Crippen molar-refractivity contribution in [2.45, 2.75) is 6.04 Å². The molecule has 0 aromatic carbocycles. The van der Waals surface area contributed by atoms with Gasteiger partial charge in [-0.15, -0.1) is 0 Å². The lowest BCUT2D eigenvalue weighted by atomic mass is 10.1. The minimum atomic E-state index is -0.638. The zero-order chi connectivity index (χ0) is 10.0. The van der Waals surface area contributed by atoms with Crippen molar-refractivity contribution in [3.63, 3.8) is 0 Å². The Balaban J connectivity index is 3.25. The summed E-state index contributed by atoms with van der Waals surface area (Å²) in [7, 11) is 0. The average molecular weight is 242 g/mol. The van der Waals surface area contributed by atoms with E-state index >= 15 is 0 Å². The van der Waals surface area contributed by atoms with E-state index in [1.165, 1.54) is 6.20 Å². The molecular weight excluding hydrogens is 234 g/mol. The molecule has 6 heteroatoms. The van der Waals surface area contributed by atoms with Gasteiger partial charge in [-0.05, 0) is 0 Å². The molecule has 0 aliphatic carbocycles. The summed E-state index contributed by atoms with van der Waals surface area (Å²) in [6.07, 6.45) is 1.35. The Kier molecular flexibility index (Phi) is 3.76. The van der Waals surface area contributed by atoms with Crippen LogP contribution in [0, 0.1) is 0 Å². The van der Waals surface area contributed by atoms with Gasteiger partial charge in [-0.1, -0.05) is 34.8 Å². The maximum atomic E-state index is 8.82. The highest BCUT2D eigenvalue weighted by Crippen LogP contribution is 2.32. The zero-order valence-corrected chi connectivity index (χ0v) is 8.74. The van der Waals surface area contributed by atoms with Crippen molar-refractivity contribution < 1.29 is 5.11 Å². The van der Waals surface area contributed by atoms with Gasteiger partial charge in [0.2, 0.25) is 0 Å². The molecule has 13 heavy (non-hydrogen) atoms. The van der Waals surface area contributed by atoms with Gasteiger partial charge < -0.3 is 10.8 Å². The number of hydrogen-bond acceptors (Lipinski definition) is 3. The van der Waals surface area contributed by atoms with Crippen LogP contribution in [0.2, 0.25) is 15.2 Å². The topological polar surface area (TPSA) is 59.1 Å². The molecule has 0 aliphatic rings. The van der Waals surface area contributed by atoms with Crippen LogP contribution in [0.15, 0.2) is 6.20 Å². The first-order valence-corrected chi connectivity index (χ1v) is 4.57. The van der Waals surface area contributed by atoms with E-state index in [0.717, 1.165) is 0 Å². The summed E-state index contributed by atoms with van der Waals surface area (Å²) in [4.78, 5) is 3.72. The van der Waals surface area contributed by atoms with Crippen molar-refractivity contribution in [1.82, 2.24) is 4.98 Å². The van der Waals surface area contributed by atoms with E-state index < -0.39 is 6.04 Å². The van der Waals surface area contributed by atoms with Crippen LogP contribution >= 0.6 is 34.8 Å². The Morgan fingerprint density at radius 3 is 2.62 bits per heavy atom. The molecule has 0 unspecified atom stereocenters. The molecule has 0 bridgehead atoms. The van der Waals surface area contributed by atoms with Crippen molar-refractivity contribution in [3.8, 4) is 0 Å². The fraction of sp³-hybridized carbons (Fsp3) is 0.286. The summed E-state index contributed by atoms with van der Waals surface area (Å²) in [5.41, 5.74) is 5.98. The van der Waals surface area contributed by atoms with Crippen LogP contribution in [-0.2, 0) is 0 Å². The minimum Gasteiger partial charge on any atom is -0.394 e. The van der Waals surface area contributed by atoms with E-state index in [1.54, 1.807) is 0 Å². The van der Waals surface area contributed by atoms with Crippen LogP contribution in [0.25, 0.3) is 0 Å². The largest absolute Gasteiger partial charge is 0.394 e. The van der Waals surface area contributed by atoms with E-state index in [-0.39, 0.29) is 16.8 Å². The van der Waals surface area contributed by atoms with Crippen LogP contribution in [0.4, 0.5) is 0 Å². The van der Waals surface area contributed by atoms with E-state index in [0.29, 0.717) is 10.6 Å². The van der Waals surface area contributed by atoms with Gasteiger partial charge >= 0.3 is 0 Å². The molecule has 0 saturated carbocycles. The van der Waals surface area contributed by atoms with Crippen LogP contribution in [0.5, 0.6) is 0 Å². The van der Waals surface area contributed by atoms with Gasteiger partial charge in [-0.25, -0.2) is 4.98 Å². The summed E-state index contributed by atoms with van der Waals surface area (Å²) in [5, 5.41) is 9.44. The summed E-state index contributed by atoms with van der Waals surface area (Å²) in [6, 6.07) is -0.638.